The molecule has 2 aromatic carbocycles. The number of fused-ring (bicyclic) bond motifs is 1. The second kappa shape index (κ2) is 8.10. The molecule has 0 atom stereocenters. The number of nitrogens with two attached hydrogens (primary N) is 1. The maximum absolute atomic E-state index is 13.5. The van der Waals surface area contributed by atoms with Crippen molar-refractivity contribution in [1.82, 2.24) is 4.90 Å². The number of rotatable bonds is 3. The third-order valence-electron chi connectivity index (χ3n) is 7.14. The first-order valence-electron chi connectivity index (χ1n) is 11.5. The highest BCUT2D eigenvalue weighted by Gasteiger charge is 2.53. The molecule has 2 fully saturated rings. The summed E-state index contributed by atoms with van der Waals surface area (Å²) in [6.45, 7) is 1.13. The molecule has 33 heavy (non-hydrogen) atoms. The van der Waals surface area contributed by atoms with E-state index in [9.17, 15) is 9.90 Å². The molecule has 6 nitrogen and oxygen atoms in total. The Labute approximate surface area is 194 Å². The number of nitrogens with zero attached hydrogens (tertiary/aromatic N) is 2. The number of carbonyl (C=O) groups excluding carboxylic acids is 1. The van der Waals surface area contributed by atoms with Crippen molar-refractivity contribution in [3.05, 3.63) is 83.6 Å². The Hall–Kier alpha value is -3.54. The van der Waals surface area contributed by atoms with Gasteiger partial charge in [0.25, 0.3) is 0 Å². The Morgan fingerprint density at radius 1 is 1.06 bits per heavy atom. The molecule has 0 radical (unpaired) electrons. The summed E-state index contributed by atoms with van der Waals surface area (Å²) in [6.07, 6.45) is 6.15. The molecule has 0 bridgehead atoms. The van der Waals surface area contributed by atoms with Crippen molar-refractivity contribution in [3.8, 4) is 5.75 Å². The molecular formula is C27H29N3O3. The molecule has 2 aromatic rings. The summed E-state index contributed by atoms with van der Waals surface area (Å²) in [4.78, 5) is 19.9. The second-order valence-corrected chi connectivity index (χ2v) is 9.09. The van der Waals surface area contributed by atoms with Gasteiger partial charge in [0.15, 0.2) is 0 Å². The Morgan fingerprint density at radius 3 is 2.36 bits per heavy atom. The first-order chi connectivity index (χ1) is 16.0. The topological polar surface area (TPSA) is 88.2 Å². The molecular weight excluding hydrogens is 414 g/mol. The van der Waals surface area contributed by atoms with Crippen molar-refractivity contribution >= 4 is 17.4 Å². The van der Waals surface area contributed by atoms with E-state index in [4.69, 9.17) is 10.5 Å². The number of aliphatic hydroxyl groups excluding tert-OH is 1. The van der Waals surface area contributed by atoms with Gasteiger partial charge in [-0.25, -0.2) is 0 Å². The van der Waals surface area contributed by atoms with Crippen LogP contribution < -0.4 is 10.5 Å². The van der Waals surface area contributed by atoms with E-state index in [-0.39, 0.29) is 11.7 Å². The van der Waals surface area contributed by atoms with Gasteiger partial charge < -0.3 is 20.5 Å². The number of likely N-dealkylation sites (tertiary alicyclic amines) is 1. The quantitative estimate of drug-likeness (QED) is 0.700. The average Bonchev–Trinajstić information content (AvgIpc) is 3.64. The van der Waals surface area contributed by atoms with Crippen molar-refractivity contribution in [3.63, 3.8) is 0 Å². The van der Waals surface area contributed by atoms with Gasteiger partial charge in [0.1, 0.15) is 17.1 Å². The fourth-order valence-corrected chi connectivity index (χ4v) is 5.12. The Morgan fingerprint density at radius 2 is 1.73 bits per heavy atom. The second-order valence-electron chi connectivity index (χ2n) is 9.09. The van der Waals surface area contributed by atoms with E-state index in [1.807, 2.05) is 59.5 Å². The van der Waals surface area contributed by atoms with Crippen LogP contribution in [0.4, 0.5) is 0 Å². The van der Waals surface area contributed by atoms with Crippen molar-refractivity contribution in [1.29, 1.82) is 0 Å². The van der Waals surface area contributed by atoms with Gasteiger partial charge in [-0.15, -0.1) is 0 Å². The number of hydrogen-bond acceptors (Lipinski definition) is 5. The van der Waals surface area contributed by atoms with Crippen LogP contribution in [0, 0.1) is 5.41 Å². The first kappa shape index (κ1) is 21.3. The van der Waals surface area contributed by atoms with Gasteiger partial charge in [-0.2, -0.15) is 0 Å². The summed E-state index contributed by atoms with van der Waals surface area (Å²) in [5.74, 6) is 1.05. The fourth-order valence-electron chi connectivity index (χ4n) is 5.12. The van der Waals surface area contributed by atoms with E-state index >= 15 is 0 Å². The maximum Gasteiger partial charge on any atom is 0.232 e. The number of ether oxygens (including phenoxy) is 1. The molecule has 170 valence electrons. The predicted octanol–water partition coefficient (Wildman–Crippen LogP) is 4.08. The number of carbonyl (C=O) groups is 1. The molecule has 2 heterocycles. The minimum absolute atomic E-state index is 0.0821. The van der Waals surface area contributed by atoms with Gasteiger partial charge in [0.05, 0.1) is 11.1 Å². The van der Waals surface area contributed by atoms with Crippen LogP contribution in [-0.2, 0) is 4.79 Å². The highest BCUT2D eigenvalue weighted by atomic mass is 16.5. The van der Waals surface area contributed by atoms with Crippen LogP contribution >= 0.6 is 0 Å². The highest BCUT2D eigenvalue weighted by Crippen LogP contribution is 2.51. The normalized spacial score (nSPS) is 23.3. The van der Waals surface area contributed by atoms with Crippen LogP contribution in [0.1, 0.15) is 36.8 Å². The zero-order chi connectivity index (χ0) is 23.1. The van der Waals surface area contributed by atoms with Crippen molar-refractivity contribution in [2.24, 2.45) is 16.1 Å². The number of piperidine rings is 1. The standard InChI is InChI=1S/C27H29N3O3/c1-29-24-20-9-5-6-10-23(20)33-27(21(24)18-28)13-15-30(16-14-27)25(32)26(11-12-26)17-22(31)19-7-3-2-4-8-19/h2-10,17-18,31H,11-16,28H2,1H3/b21-18?,22-17-,29-24?. The van der Waals surface area contributed by atoms with E-state index in [2.05, 4.69) is 4.99 Å². The molecule has 1 aliphatic carbocycles. The van der Waals surface area contributed by atoms with Gasteiger partial charge >= 0.3 is 0 Å². The summed E-state index contributed by atoms with van der Waals surface area (Å²) in [5.41, 5.74) is 8.30. The van der Waals surface area contributed by atoms with Gasteiger partial charge in [-0.1, -0.05) is 42.5 Å². The lowest BCUT2D eigenvalue weighted by atomic mass is 9.77. The largest absolute Gasteiger partial charge is 0.508 e. The number of aliphatic imine (C=N–C) groups is 1. The fraction of sp³-hybridized carbons (Fsp3) is 0.333. The Bertz CT molecular complexity index is 1150. The van der Waals surface area contributed by atoms with E-state index in [1.165, 1.54) is 0 Å². The predicted molar refractivity (Wildman–Crippen MR) is 129 cm³/mol. The van der Waals surface area contributed by atoms with Gasteiger partial charge in [0, 0.05) is 55.9 Å². The van der Waals surface area contributed by atoms with Crippen molar-refractivity contribution in [2.45, 2.75) is 31.3 Å². The van der Waals surface area contributed by atoms with Crippen LogP contribution in [0.3, 0.4) is 0 Å². The summed E-state index contributed by atoms with van der Waals surface area (Å²) in [5, 5.41) is 10.6. The summed E-state index contributed by atoms with van der Waals surface area (Å²) in [7, 11) is 1.77. The summed E-state index contributed by atoms with van der Waals surface area (Å²) >= 11 is 0. The molecule has 2 aliphatic heterocycles. The number of amides is 1. The Balaban J connectivity index is 1.35. The highest BCUT2D eigenvalue weighted by molar-refractivity contribution is 6.16. The molecule has 1 saturated carbocycles. The lowest BCUT2D eigenvalue weighted by Gasteiger charge is -2.46. The molecule has 1 amide bonds. The third-order valence-corrected chi connectivity index (χ3v) is 7.14. The lowest BCUT2D eigenvalue weighted by molar-refractivity contribution is -0.138. The molecule has 1 spiro atoms. The maximum atomic E-state index is 13.5. The van der Waals surface area contributed by atoms with Crippen molar-refractivity contribution in [2.75, 3.05) is 20.1 Å². The van der Waals surface area contributed by atoms with Crippen LogP contribution in [-0.4, -0.2) is 47.4 Å². The molecule has 3 N–H and O–H groups in total. The van der Waals surface area contributed by atoms with E-state index in [0.717, 1.165) is 41.0 Å². The Kier molecular flexibility index (Phi) is 5.23. The van der Waals surface area contributed by atoms with E-state index in [0.29, 0.717) is 25.9 Å². The van der Waals surface area contributed by atoms with E-state index < -0.39 is 11.0 Å². The zero-order valence-corrected chi connectivity index (χ0v) is 18.8. The monoisotopic (exact) mass is 443 g/mol. The summed E-state index contributed by atoms with van der Waals surface area (Å²) < 4.78 is 6.53. The number of benzene rings is 2. The minimum Gasteiger partial charge on any atom is -0.508 e. The van der Waals surface area contributed by atoms with Gasteiger partial charge in [-0.3, -0.25) is 9.79 Å². The lowest BCUT2D eigenvalue weighted by Crippen LogP contribution is -2.55. The molecule has 1 saturated heterocycles. The van der Waals surface area contributed by atoms with Crippen molar-refractivity contribution < 1.29 is 14.6 Å². The zero-order valence-electron chi connectivity index (χ0n) is 18.8. The minimum atomic E-state index is -0.604. The average molecular weight is 444 g/mol. The van der Waals surface area contributed by atoms with Crippen LogP contribution in [0.25, 0.3) is 5.76 Å². The molecule has 6 heteroatoms. The van der Waals surface area contributed by atoms with E-state index in [1.54, 1.807) is 19.3 Å². The number of hydrogen-bond donors (Lipinski definition) is 2. The molecule has 0 aromatic heterocycles. The van der Waals surface area contributed by atoms with Crippen LogP contribution in [0.5, 0.6) is 5.75 Å². The molecule has 0 unspecified atom stereocenters. The van der Waals surface area contributed by atoms with Gasteiger partial charge in [-0.05, 0) is 31.1 Å². The third kappa shape index (κ3) is 3.59. The summed E-state index contributed by atoms with van der Waals surface area (Å²) in [6, 6.07) is 17.2. The first-order valence-corrected chi connectivity index (χ1v) is 11.5. The SMILES string of the molecule is CN=C1C(=CN)C2(CCN(C(=O)C3(/C=C(\O)c4ccccc4)CC3)CC2)Oc2ccccc21. The van der Waals surface area contributed by atoms with Crippen LogP contribution in [0.2, 0.25) is 0 Å². The van der Waals surface area contributed by atoms with Gasteiger partial charge in [0.2, 0.25) is 5.91 Å². The number of aliphatic hydroxyl groups is 1. The number of para-hydroxylation sites is 1. The molecule has 3 aliphatic rings. The smallest absolute Gasteiger partial charge is 0.232 e. The van der Waals surface area contributed by atoms with Crippen LogP contribution in [0.15, 0.2) is 77.4 Å². The molecule has 5 rings (SSSR count).